The summed E-state index contributed by atoms with van der Waals surface area (Å²) >= 11 is 0. The molecule has 1 aliphatic rings. The molecular formula is C27H26N8O. The van der Waals surface area contributed by atoms with Crippen LogP contribution >= 0.6 is 0 Å². The Morgan fingerprint density at radius 3 is 2.44 bits per heavy atom. The normalized spacial score (nSPS) is 13.9. The lowest BCUT2D eigenvalue weighted by Gasteiger charge is -2.35. The van der Waals surface area contributed by atoms with Gasteiger partial charge in [-0.2, -0.15) is 5.21 Å². The SMILES string of the molecule is Cc1ccc2c(c1)c(C(=O)N1CCN(c3ccc(-c4nn[nH]n4)cn3)CC1)c(-c1ccccc1)n2C. The van der Waals surface area contributed by atoms with E-state index in [2.05, 4.69) is 72.3 Å². The maximum Gasteiger partial charge on any atom is 0.256 e. The number of amides is 1. The van der Waals surface area contributed by atoms with E-state index < -0.39 is 0 Å². The van der Waals surface area contributed by atoms with Crippen molar-refractivity contribution >= 4 is 22.6 Å². The highest BCUT2D eigenvalue weighted by atomic mass is 16.2. The van der Waals surface area contributed by atoms with Gasteiger partial charge in [0.15, 0.2) is 0 Å². The molecule has 1 fully saturated rings. The van der Waals surface area contributed by atoms with Crippen LogP contribution in [0.4, 0.5) is 5.82 Å². The number of pyridine rings is 1. The van der Waals surface area contributed by atoms with E-state index in [1.54, 1.807) is 6.20 Å². The fourth-order valence-corrected chi connectivity index (χ4v) is 5.00. The molecule has 1 N–H and O–H groups in total. The number of aromatic amines is 1. The van der Waals surface area contributed by atoms with E-state index in [1.807, 2.05) is 42.3 Å². The van der Waals surface area contributed by atoms with Gasteiger partial charge in [-0.1, -0.05) is 42.0 Å². The first-order chi connectivity index (χ1) is 17.6. The van der Waals surface area contributed by atoms with E-state index in [1.165, 1.54) is 0 Å². The third kappa shape index (κ3) is 3.78. The van der Waals surface area contributed by atoms with E-state index in [0.29, 0.717) is 32.0 Å². The number of hydrogen-bond donors (Lipinski definition) is 1. The fourth-order valence-electron chi connectivity index (χ4n) is 5.00. The highest BCUT2D eigenvalue weighted by molar-refractivity contribution is 6.13. The average Bonchev–Trinajstić information content (AvgIpc) is 3.56. The number of aryl methyl sites for hydroxylation is 2. The van der Waals surface area contributed by atoms with E-state index in [9.17, 15) is 4.79 Å². The number of tetrazole rings is 1. The predicted octanol–water partition coefficient (Wildman–Crippen LogP) is 3.69. The zero-order valence-corrected chi connectivity index (χ0v) is 20.2. The van der Waals surface area contributed by atoms with Gasteiger partial charge in [0.1, 0.15) is 5.82 Å². The Morgan fingerprint density at radius 1 is 0.944 bits per heavy atom. The van der Waals surface area contributed by atoms with Crippen molar-refractivity contribution in [3.63, 3.8) is 0 Å². The zero-order chi connectivity index (χ0) is 24.6. The topological polar surface area (TPSA) is 95.8 Å². The van der Waals surface area contributed by atoms with Crippen molar-refractivity contribution in [2.24, 2.45) is 7.05 Å². The van der Waals surface area contributed by atoms with E-state index in [0.717, 1.165) is 44.7 Å². The molecule has 0 unspecified atom stereocenters. The number of hydrogen-bond acceptors (Lipinski definition) is 6. The molecule has 9 heteroatoms. The molecule has 0 bridgehead atoms. The Morgan fingerprint density at radius 2 is 1.75 bits per heavy atom. The van der Waals surface area contributed by atoms with Gasteiger partial charge in [0.2, 0.25) is 5.82 Å². The van der Waals surface area contributed by atoms with Crippen LogP contribution < -0.4 is 4.90 Å². The Labute approximate surface area is 208 Å². The van der Waals surface area contributed by atoms with Crippen LogP contribution in [-0.2, 0) is 7.05 Å². The van der Waals surface area contributed by atoms with Gasteiger partial charge < -0.3 is 14.4 Å². The minimum absolute atomic E-state index is 0.0742. The number of nitrogens with zero attached hydrogens (tertiary/aromatic N) is 7. The molecule has 180 valence electrons. The lowest BCUT2D eigenvalue weighted by atomic mass is 10.0. The van der Waals surface area contributed by atoms with Crippen molar-refractivity contribution in [3.8, 4) is 22.6 Å². The second-order valence-corrected chi connectivity index (χ2v) is 9.09. The molecule has 2 aromatic carbocycles. The molecule has 3 aromatic heterocycles. The molecule has 9 nitrogen and oxygen atoms in total. The highest BCUT2D eigenvalue weighted by Gasteiger charge is 2.29. The van der Waals surface area contributed by atoms with Crippen molar-refractivity contribution in [1.29, 1.82) is 0 Å². The largest absolute Gasteiger partial charge is 0.353 e. The fraction of sp³-hybridized carbons (Fsp3) is 0.222. The Hall–Kier alpha value is -4.53. The second kappa shape index (κ2) is 8.92. The number of nitrogens with one attached hydrogen (secondary N) is 1. The monoisotopic (exact) mass is 478 g/mol. The summed E-state index contributed by atoms with van der Waals surface area (Å²) in [5, 5.41) is 15.1. The minimum atomic E-state index is 0.0742. The Kier molecular flexibility index (Phi) is 5.44. The molecule has 0 aliphatic carbocycles. The number of anilines is 1. The van der Waals surface area contributed by atoms with Gasteiger partial charge >= 0.3 is 0 Å². The standard InChI is InChI=1S/C27H26N8O/c1-18-8-10-22-21(16-18)24(25(33(22)2)19-6-4-3-5-7-19)27(36)35-14-12-34(13-15-35)23-11-9-20(17-28-23)26-29-31-32-30-26/h3-11,16-17H,12-15H2,1-2H3,(H,29,30,31,32). The van der Waals surface area contributed by atoms with E-state index in [4.69, 9.17) is 0 Å². The van der Waals surface area contributed by atoms with Crippen molar-refractivity contribution < 1.29 is 4.79 Å². The molecule has 0 saturated carbocycles. The summed E-state index contributed by atoms with van der Waals surface area (Å²) in [5.41, 5.74) is 5.79. The number of benzene rings is 2. The first kappa shape index (κ1) is 22.0. The van der Waals surface area contributed by atoms with Crippen LogP contribution in [0.3, 0.4) is 0 Å². The van der Waals surface area contributed by atoms with Crippen molar-refractivity contribution in [2.45, 2.75) is 6.92 Å². The number of fused-ring (bicyclic) bond motifs is 1. The van der Waals surface area contributed by atoms with E-state index >= 15 is 0 Å². The number of carbonyl (C=O) groups excluding carboxylic acids is 1. The lowest BCUT2D eigenvalue weighted by Crippen LogP contribution is -2.49. The smallest absolute Gasteiger partial charge is 0.256 e. The summed E-state index contributed by atoms with van der Waals surface area (Å²) in [5.74, 6) is 1.47. The van der Waals surface area contributed by atoms with Gasteiger partial charge in [-0.15, -0.1) is 10.2 Å². The van der Waals surface area contributed by atoms with Gasteiger partial charge in [-0.25, -0.2) is 4.98 Å². The van der Waals surface area contributed by atoms with Crippen molar-refractivity contribution in [3.05, 3.63) is 78.0 Å². The summed E-state index contributed by atoms with van der Waals surface area (Å²) in [6.07, 6.45) is 1.75. The van der Waals surface area contributed by atoms with Crippen molar-refractivity contribution in [1.82, 2.24) is 35.1 Å². The highest BCUT2D eigenvalue weighted by Crippen LogP contribution is 2.35. The molecule has 1 aliphatic heterocycles. The molecular weight excluding hydrogens is 452 g/mol. The molecule has 6 rings (SSSR count). The van der Waals surface area contributed by atoms with Crippen LogP contribution in [0.1, 0.15) is 15.9 Å². The maximum absolute atomic E-state index is 14.0. The summed E-state index contributed by atoms with van der Waals surface area (Å²) < 4.78 is 2.14. The van der Waals surface area contributed by atoms with Gasteiger partial charge in [0.05, 0.1) is 11.3 Å². The van der Waals surface area contributed by atoms with Gasteiger partial charge in [-0.3, -0.25) is 4.79 Å². The molecule has 5 aromatic rings. The molecule has 36 heavy (non-hydrogen) atoms. The number of H-pyrrole nitrogens is 1. The average molecular weight is 479 g/mol. The summed E-state index contributed by atoms with van der Waals surface area (Å²) in [6, 6.07) is 20.4. The van der Waals surface area contributed by atoms with Gasteiger partial charge in [0.25, 0.3) is 5.91 Å². The van der Waals surface area contributed by atoms with Crippen LogP contribution in [-0.4, -0.2) is 67.2 Å². The van der Waals surface area contributed by atoms with Crippen LogP contribution in [0.15, 0.2) is 66.9 Å². The quantitative estimate of drug-likeness (QED) is 0.423. The summed E-state index contributed by atoms with van der Waals surface area (Å²) in [4.78, 5) is 22.8. The molecule has 4 heterocycles. The van der Waals surface area contributed by atoms with Gasteiger partial charge in [0, 0.05) is 55.9 Å². The molecule has 1 amide bonds. The number of carbonyl (C=O) groups is 1. The summed E-state index contributed by atoms with van der Waals surface area (Å²) in [7, 11) is 2.04. The van der Waals surface area contributed by atoms with E-state index in [-0.39, 0.29) is 5.91 Å². The second-order valence-electron chi connectivity index (χ2n) is 9.09. The van der Waals surface area contributed by atoms with Crippen molar-refractivity contribution in [2.75, 3.05) is 31.1 Å². The third-order valence-electron chi connectivity index (χ3n) is 6.86. The number of rotatable bonds is 4. The van der Waals surface area contributed by atoms with Crippen LogP contribution in [0.5, 0.6) is 0 Å². The zero-order valence-electron chi connectivity index (χ0n) is 20.2. The minimum Gasteiger partial charge on any atom is -0.353 e. The third-order valence-corrected chi connectivity index (χ3v) is 6.86. The molecule has 0 radical (unpaired) electrons. The Balaban J connectivity index is 1.27. The van der Waals surface area contributed by atoms with Gasteiger partial charge in [-0.05, 0) is 42.0 Å². The van der Waals surface area contributed by atoms with Crippen LogP contribution in [0.25, 0.3) is 33.5 Å². The first-order valence-corrected chi connectivity index (χ1v) is 12.0. The first-order valence-electron chi connectivity index (χ1n) is 12.0. The van der Waals surface area contributed by atoms with Crippen LogP contribution in [0, 0.1) is 6.92 Å². The number of aromatic nitrogens is 6. The molecule has 1 saturated heterocycles. The summed E-state index contributed by atoms with van der Waals surface area (Å²) in [6.45, 7) is 4.75. The Bertz CT molecular complexity index is 1520. The lowest BCUT2D eigenvalue weighted by molar-refractivity contribution is 0.0749. The predicted molar refractivity (Wildman–Crippen MR) is 139 cm³/mol. The number of piperazine rings is 1. The molecule has 0 atom stereocenters. The maximum atomic E-state index is 14.0. The van der Waals surface area contributed by atoms with Crippen LogP contribution in [0.2, 0.25) is 0 Å². The molecule has 0 spiro atoms.